The molecule has 4 rings (SSSR count). The summed E-state index contributed by atoms with van der Waals surface area (Å²) >= 11 is 0. The fraction of sp³-hybridized carbons (Fsp3) is 0.957. The summed E-state index contributed by atoms with van der Waals surface area (Å²) in [5.41, 5.74) is 0.559. The van der Waals surface area contributed by atoms with E-state index in [0.717, 1.165) is 38.5 Å². The molecule has 4 nitrogen and oxygen atoms in total. The summed E-state index contributed by atoms with van der Waals surface area (Å²) in [5, 5.41) is 30.3. The lowest BCUT2D eigenvalue weighted by atomic mass is 9.44. The minimum absolute atomic E-state index is 0.175. The first kappa shape index (κ1) is 19.7. The Morgan fingerprint density at radius 3 is 2.41 bits per heavy atom. The number of carboxylic acid groups (broad SMARTS) is 1. The van der Waals surface area contributed by atoms with Crippen LogP contribution in [0.2, 0.25) is 0 Å². The van der Waals surface area contributed by atoms with Gasteiger partial charge in [-0.3, -0.25) is 4.79 Å². The van der Waals surface area contributed by atoms with Gasteiger partial charge in [-0.2, -0.15) is 0 Å². The molecule has 0 aromatic rings. The van der Waals surface area contributed by atoms with Crippen LogP contribution in [0, 0.1) is 40.4 Å². The van der Waals surface area contributed by atoms with E-state index in [1.807, 2.05) is 0 Å². The molecule has 0 aromatic carbocycles. The van der Waals surface area contributed by atoms with Gasteiger partial charge < -0.3 is 15.3 Å². The van der Waals surface area contributed by atoms with Crippen molar-refractivity contribution in [2.45, 2.75) is 96.7 Å². The number of carbonyl (C=O) groups is 1. The minimum atomic E-state index is -0.681. The van der Waals surface area contributed by atoms with E-state index >= 15 is 0 Å². The number of aliphatic carboxylic acids is 1. The third-order valence-electron chi connectivity index (χ3n) is 9.80. The summed E-state index contributed by atoms with van der Waals surface area (Å²) in [6.45, 7) is 4.90. The van der Waals surface area contributed by atoms with Crippen molar-refractivity contribution in [1.29, 1.82) is 0 Å². The lowest BCUT2D eigenvalue weighted by Crippen LogP contribution is -2.58. The Bertz CT molecular complexity index is 577. The van der Waals surface area contributed by atoms with E-state index in [9.17, 15) is 15.0 Å². The van der Waals surface area contributed by atoms with Crippen LogP contribution in [0.3, 0.4) is 0 Å². The highest BCUT2D eigenvalue weighted by molar-refractivity contribution is 5.66. The van der Waals surface area contributed by atoms with Gasteiger partial charge in [0.2, 0.25) is 0 Å². The Morgan fingerprint density at radius 2 is 1.67 bits per heavy atom. The second kappa shape index (κ2) is 7.02. The summed E-state index contributed by atoms with van der Waals surface area (Å²) in [6.07, 6.45) is 10.3. The van der Waals surface area contributed by atoms with Gasteiger partial charge in [0.25, 0.3) is 0 Å². The van der Waals surface area contributed by atoms with Gasteiger partial charge in [0.05, 0.1) is 12.2 Å². The molecule has 4 aliphatic rings. The zero-order valence-electron chi connectivity index (χ0n) is 17.1. The smallest absolute Gasteiger partial charge is 0.303 e. The number of hydrogen-bond acceptors (Lipinski definition) is 3. The highest BCUT2D eigenvalue weighted by atomic mass is 16.4. The third kappa shape index (κ3) is 3.15. The van der Waals surface area contributed by atoms with Crippen molar-refractivity contribution in [2.75, 3.05) is 0 Å². The van der Waals surface area contributed by atoms with Gasteiger partial charge >= 0.3 is 5.97 Å². The molecule has 0 spiro atoms. The molecule has 4 saturated carbocycles. The van der Waals surface area contributed by atoms with E-state index in [2.05, 4.69) is 13.8 Å². The summed E-state index contributed by atoms with van der Waals surface area (Å²) in [7, 11) is 0. The molecular formula is C23H38O4. The van der Waals surface area contributed by atoms with Crippen molar-refractivity contribution in [2.24, 2.45) is 40.4 Å². The molecule has 0 heterocycles. The SMILES string of the molecule is C[C@]12CCC3C(C1CC[C@@H]2CCCC(=O)O)[C@@H](O)C[C@@H]1C[C@H](O)CC[C@]31C. The maximum absolute atomic E-state index is 11.2. The lowest BCUT2D eigenvalue weighted by Gasteiger charge is -2.62. The normalized spacial score (nSPS) is 51.9. The Labute approximate surface area is 163 Å². The van der Waals surface area contributed by atoms with Crippen molar-refractivity contribution in [1.82, 2.24) is 0 Å². The van der Waals surface area contributed by atoms with Crippen LogP contribution < -0.4 is 0 Å². The van der Waals surface area contributed by atoms with Gasteiger partial charge in [0.1, 0.15) is 0 Å². The summed E-state index contributed by atoms with van der Waals surface area (Å²) in [6, 6.07) is 0. The topological polar surface area (TPSA) is 77.8 Å². The third-order valence-corrected chi connectivity index (χ3v) is 9.80. The second-order valence-corrected chi connectivity index (χ2v) is 10.8. The number of fused-ring (bicyclic) bond motifs is 5. The van der Waals surface area contributed by atoms with Gasteiger partial charge in [0, 0.05) is 6.42 Å². The fourth-order valence-electron chi connectivity index (χ4n) is 8.28. The molecule has 0 aromatic heterocycles. The predicted octanol–water partition coefficient (Wildman–Crippen LogP) is 4.23. The molecule has 0 radical (unpaired) electrons. The maximum Gasteiger partial charge on any atom is 0.303 e. The first-order valence-corrected chi connectivity index (χ1v) is 11.3. The number of aliphatic hydroxyl groups is 2. The Balaban J connectivity index is 1.53. The lowest BCUT2D eigenvalue weighted by molar-refractivity contribution is -0.172. The first-order chi connectivity index (χ1) is 12.8. The van der Waals surface area contributed by atoms with Crippen molar-refractivity contribution in [3.05, 3.63) is 0 Å². The second-order valence-electron chi connectivity index (χ2n) is 10.8. The standard InChI is InChI=1S/C23H38O4/c1-22-11-9-18-21(17(22)7-6-14(22)4-3-5-20(26)27)19(25)13-15-12-16(24)8-10-23(15,18)2/h14-19,21,24-25H,3-13H2,1-2H3,(H,26,27)/t14-,15-,16+,17?,18?,19-,21?,22+,23-/m0/s1. The molecule has 27 heavy (non-hydrogen) atoms. The van der Waals surface area contributed by atoms with E-state index < -0.39 is 5.97 Å². The summed E-state index contributed by atoms with van der Waals surface area (Å²) < 4.78 is 0. The molecule has 0 amide bonds. The molecule has 0 aliphatic heterocycles. The molecule has 4 heteroatoms. The van der Waals surface area contributed by atoms with Crippen molar-refractivity contribution >= 4 is 5.97 Å². The van der Waals surface area contributed by atoms with Crippen LogP contribution in [0.1, 0.15) is 84.5 Å². The van der Waals surface area contributed by atoms with Gasteiger partial charge in [-0.1, -0.05) is 13.8 Å². The van der Waals surface area contributed by atoms with E-state index in [0.29, 0.717) is 29.6 Å². The monoisotopic (exact) mass is 378 g/mol. The minimum Gasteiger partial charge on any atom is -0.481 e. The average molecular weight is 379 g/mol. The Morgan fingerprint density at radius 1 is 0.963 bits per heavy atom. The zero-order valence-corrected chi connectivity index (χ0v) is 17.1. The van der Waals surface area contributed by atoms with Gasteiger partial charge in [-0.15, -0.1) is 0 Å². The van der Waals surface area contributed by atoms with Crippen LogP contribution in [-0.4, -0.2) is 33.5 Å². The molecule has 3 unspecified atom stereocenters. The van der Waals surface area contributed by atoms with E-state index in [-0.39, 0.29) is 29.5 Å². The van der Waals surface area contributed by atoms with E-state index in [1.165, 1.54) is 25.7 Å². The van der Waals surface area contributed by atoms with Crippen LogP contribution in [-0.2, 0) is 4.79 Å². The molecule has 0 bridgehead atoms. The highest BCUT2D eigenvalue weighted by Gasteiger charge is 2.62. The van der Waals surface area contributed by atoms with Gasteiger partial charge in [-0.05, 0) is 105 Å². The van der Waals surface area contributed by atoms with Crippen LogP contribution in [0.5, 0.6) is 0 Å². The van der Waals surface area contributed by atoms with Crippen molar-refractivity contribution in [3.63, 3.8) is 0 Å². The van der Waals surface area contributed by atoms with Crippen molar-refractivity contribution in [3.8, 4) is 0 Å². The number of rotatable bonds is 4. The average Bonchev–Trinajstić information content (AvgIpc) is 2.93. The van der Waals surface area contributed by atoms with Gasteiger partial charge in [-0.25, -0.2) is 0 Å². The quantitative estimate of drug-likeness (QED) is 0.684. The van der Waals surface area contributed by atoms with E-state index in [4.69, 9.17) is 5.11 Å². The Kier molecular flexibility index (Phi) is 5.12. The molecule has 9 atom stereocenters. The summed E-state index contributed by atoms with van der Waals surface area (Å²) in [4.78, 5) is 10.9. The summed E-state index contributed by atoms with van der Waals surface area (Å²) in [5.74, 6) is 1.99. The molecule has 4 aliphatic carbocycles. The molecule has 154 valence electrons. The van der Waals surface area contributed by atoms with E-state index in [1.54, 1.807) is 0 Å². The number of aliphatic hydroxyl groups excluding tert-OH is 2. The Hall–Kier alpha value is -0.610. The molecule has 4 fully saturated rings. The number of hydrogen-bond donors (Lipinski definition) is 3. The molecular weight excluding hydrogens is 340 g/mol. The van der Waals surface area contributed by atoms with Crippen LogP contribution in [0.25, 0.3) is 0 Å². The molecule has 3 N–H and O–H groups in total. The zero-order chi connectivity index (χ0) is 19.4. The molecule has 0 saturated heterocycles. The van der Waals surface area contributed by atoms with Crippen LogP contribution in [0.15, 0.2) is 0 Å². The van der Waals surface area contributed by atoms with Gasteiger partial charge in [0.15, 0.2) is 0 Å². The number of carboxylic acids is 1. The fourth-order valence-corrected chi connectivity index (χ4v) is 8.28. The van der Waals surface area contributed by atoms with Crippen molar-refractivity contribution < 1.29 is 20.1 Å². The van der Waals surface area contributed by atoms with Crippen LogP contribution >= 0.6 is 0 Å². The predicted molar refractivity (Wildman–Crippen MR) is 104 cm³/mol. The van der Waals surface area contributed by atoms with Crippen LogP contribution in [0.4, 0.5) is 0 Å². The first-order valence-electron chi connectivity index (χ1n) is 11.3. The maximum atomic E-state index is 11.2. The largest absolute Gasteiger partial charge is 0.481 e. The highest BCUT2D eigenvalue weighted by Crippen LogP contribution is 2.67.